The van der Waals surface area contributed by atoms with Crippen molar-refractivity contribution in [3.05, 3.63) is 18.1 Å². The van der Waals surface area contributed by atoms with Crippen molar-refractivity contribution in [2.45, 2.75) is 43.4 Å². The highest BCUT2D eigenvalue weighted by molar-refractivity contribution is 5.16. The van der Waals surface area contributed by atoms with Gasteiger partial charge in [0.2, 0.25) is 5.88 Å². The van der Waals surface area contributed by atoms with Crippen molar-refractivity contribution in [2.24, 2.45) is 0 Å². The topological polar surface area (TPSA) is 47.5 Å². The summed E-state index contributed by atoms with van der Waals surface area (Å²) in [5, 5.41) is 0. The Balaban J connectivity index is 1.68. The average molecular weight is 331 g/mol. The van der Waals surface area contributed by atoms with Crippen molar-refractivity contribution in [1.82, 2.24) is 14.9 Å². The van der Waals surface area contributed by atoms with Crippen LogP contribution in [0, 0.1) is 0 Å². The Hall–Kier alpha value is -1.41. The van der Waals surface area contributed by atoms with Crippen molar-refractivity contribution in [3.63, 3.8) is 0 Å². The first-order valence-corrected chi connectivity index (χ1v) is 7.72. The first-order chi connectivity index (χ1) is 10.9. The number of methoxy groups -OCH3 is 1. The van der Waals surface area contributed by atoms with E-state index in [-0.39, 0.29) is 11.4 Å². The molecule has 8 heteroatoms. The number of nitrogens with zero attached hydrogens (tertiary/aromatic N) is 3. The number of ether oxygens (including phenoxy) is 2. The molecule has 1 aromatic heterocycles. The summed E-state index contributed by atoms with van der Waals surface area (Å²) in [6.45, 7) is 2.00. The van der Waals surface area contributed by atoms with Crippen LogP contribution in [0.3, 0.4) is 0 Å². The van der Waals surface area contributed by atoms with Crippen LogP contribution in [0.5, 0.6) is 5.88 Å². The maximum Gasteiger partial charge on any atom is 0.433 e. The SMILES string of the molecule is COC[C@@H]1CCC2(COc3cc(C(F)(F)F)ncn3)CCCN12. The third-order valence-corrected chi connectivity index (χ3v) is 4.81. The molecular weight excluding hydrogens is 311 g/mol. The first kappa shape index (κ1) is 16.4. The van der Waals surface area contributed by atoms with Gasteiger partial charge in [-0.05, 0) is 32.2 Å². The van der Waals surface area contributed by atoms with E-state index in [0.717, 1.165) is 44.6 Å². The molecule has 0 aliphatic carbocycles. The minimum absolute atomic E-state index is 0.0243. The highest BCUT2D eigenvalue weighted by Crippen LogP contribution is 2.42. The maximum atomic E-state index is 12.7. The number of aromatic nitrogens is 2. The molecule has 1 unspecified atom stereocenters. The minimum atomic E-state index is -4.49. The van der Waals surface area contributed by atoms with Crippen LogP contribution in [0.15, 0.2) is 12.4 Å². The monoisotopic (exact) mass is 331 g/mol. The third kappa shape index (κ3) is 3.28. The van der Waals surface area contributed by atoms with E-state index < -0.39 is 11.9 Å². The molecule has 2 fully saturated rings. The predicted octanol–water partition coefficient (Wildman–Crippen LogP) is 2.52. The van der Waals surface area contributed by atoms with E-state index in [1.807, 2.05) is 0 Å². The second-order valence-electron chi connectivity index (χ2n) is 6.20. The summed E-state index contributed by atoms with van der Waals surface area (Å²) in [4.78, 5) is 9.44. The van der Waals surface area contributed by atoms with Gasteiger partial charge < -0.3 is 9.47 Å². The second-order valence-corrected chi connectivity index (χ2v) is 6.20. The van der Waals surface area contributed by atoms with Gasteiger partial charge in [0, 0.05) is 19.2 Å². The van der Waals surface area contributed by atoms with E-state index in [2.05, 4.69) is 14.9 Å². The summed E-state index contributed by atoms with van der Waals surface area (Å²) in [6.07, 6.45) is 0.457. The van der Waals surface area contributed by atoms with Gasteiger partial charge in [0.1, 0.15) is 12.9 Å². The number of hydrogen-bond acceptors (Lipinski definition) is 5. The van der Waals surface area contributed by atoms with Gasteiger partial charge in [-0.15, -0.1) is 0 Å². The summed E-state index contributed by atoms with van der Waals surface area (Å²) >= 11 is 0. The molecule has 0 spiro atoms. The van der Waals surface area contributed by atoms with Gasteiger partial charge in [-0.3, -0.25) is 4.90 Å². The molecule has 3 rings (SSSR count). The third-order valence-electron chi connectivity index (χ3n) is 4.81. The molecule has 23 heavy (non-hydrogen) atoms. The van der Waals surface area contributed by atoms with Crippen LogP contribution < -0.4 is 4.74 Å². The lowest BCUT2D eigenvalue weighted by atomic mass is 9.95. The van der Waals surface area contributed by atoms with Crippen LogP contribution >= 0.6 is 0 Å². The van der Waals surface area contributed by atoms with Gasteiger partial charge >= 0.3 is 6.18 Å². The van der Waals surface area contributed by atoms with Crippen molar-refractivity contribution in [2.75, 3.05) is 26.9 Å². The number of halogens is 3. The Morgan fingerprint density at radius 1 is 1.35 bits per heavy atom. The smallest absolute Gasteiger partial charge is 0.433 e. The van der Waals surface area contributed by atoms with Crippen LogP contribution in [-0.4, -0.2) is 53.3 Å². The number of alkyl halides is 3. The van der Waals surface area contributed by atoms with Crippen LogP contribution in [0.4, 0.5) is 13.2 Å². The van der Waals surface area contributed by atoms with Gasteiger partial charge in [0.15, 0.2) is 5.69 Å². The molecule has 2 atom stereocenters. The van der Waals surface area contributed by atoms with Gasteiger partial charge in [0.05, 0.1) is 12.1 Å². The molecule has 128 valence electrons. The second kappa shape index (κ2) is 6.24. The fourth-order valence-electron chi connectivity index (χ4n) is 3.76. The van der Waals surface area contributed by atoms with E-state index in [9.17, 15) is 13.2 Å². The lowest BCUT2D eigenvalue weighted by Crippen LogP contribution is -2.47. The number of hydrogen-bond donors (Lipinski definition) is 0. The molecule has 2 aliphatic rings. The summed E-state index contributed by atoms with van der Waals surface area (Å²) in [5.74, 6) is -0.0243. The summed E-state index contributed by atoms with van der Waals surface area (Å²) in [5.41, 5.74) is -1.08. The largest absolute Gasteiger partial charge is 0.476 e. The molecule has 0 saturated carbocycles. The van der Waals surface area contributed by atoms with Gasteiger partial charge in [-0.25, -0.2) is 9.97 Å². The quantitative estimate of drug-likeness (QED) is 0.830. The van der Waals surface area contributed by atoms with Gasteiger partial charge in [0.25, 0.3) is 0 Å². The molecule has 0 N–H and O–H groups in total. The Bertz CT molecular complexity index is 555. The van der Waals surface area contributed by atoms with E-state index in [4.69, 9.17) is 9.47 Å². The zero-order valence-corrected chi connectivity index (χ0v) is 13.0. The molecule has 0 radical (unpaired) electrons. The summed E-state index contributed by atoms with van der Waals surface area (Å²) < 4.78 is 49.0. The van der Waals surface area contributed by atoms with Gasteiger partial charge in [-0.1, -0.05) is 0 Å². The maximum absolute atomic E-state index is 12.7. The van der Waals surface area contributed by atoms with Gasteiger partial charge in [-0.2, -0.15) is 13.2 Å². The Morgan fingerprint density at radius 3 is 2.91 bits per heavy atom. The normalized spacial score (nSPS) is 28.1. The summed E-state index contributed by atoms with van der Waals surface area (Å²) in [6, 6.07) is 1.22. The van der Waals surface area contributed by atoms with E-state index in [0.29, 0.717) is 19.3 Å². The standard InChI is InChI=1S/C15H20F3N3O2/c1-22-8-11-3-5-14(4-2-6-21(11)14)9-23-13-7-12(15(16,17)18)19-10-20-13/h7,10-11H,2-6,8-9H2,1H3/t11-,14?/m0/s1. The zero-order chi connectivity index (χ0) is 16.5. The van der Waals surface area contributed by atoms with Crippen LogP contribution in [0.2, 0.25) is 0 Å². The van der Waals surface area contributed by atoms with Crippen molar-refractivity contribution in [1.29, 1.82) is 0 Å². The van der Waals surface area contributed by atoms with E-state index in [1.54, 1.807) is 7.11 Å². The molecule has 0 amide bonds. The molecule has 0 aromatic carbocycles. The Morgan fingerprint density at radius 2 is 2.17 bits per heavy atom. The predicted molar refractivity (Wildman–Crippen MR) is 76.1 cm³/mol. The molecule has 1 aromatic rings. The molecule has 2 aliphatic heterocycles. The van der Waals surface area contributed by atoms with Crippen molar-refractivity contribution < 1.29 is 22.6 Å². The molecular formula is C15H20F3N3O2. The lowest BCUT2D eigenvalue weighted by molar-refractivity contribution is -0.141. The molecule has 2 saturated heterocycles. The lowest BCUT2D eigenvalue weighted by Gasteiger charge is -2.34. The van der Waals surface area contributed by atoms with Crippen molar-refractivity contribution in [3.8, 4) is 5.88 Å². The number of fused-ring (bicyclic) bond motifs is 1. The van der Waals surface area contributed by atoms with Crippen LogP contribution in [-0.2, 0) is 10.9 Å². The van der Waals surface area contributed by atoms with Crippen LogP contribution in [0.25, 0.3) is 0 Å². The van der Waals surface area contributed by atoms with Crippen LogP contribution in [0.1, 0.15) is 31.4 Å². The fourth-order valence-corrected chi connectivity index (χ4v) is 3.76. The minimum Gasteiger partial charge on any atom is -0.476 e. The van der Waals surface area contributed by atoms with E-state index >= 15 is 0 Å². The van der Waals surface area contributed by atoms with Crippen molar-refractivity contribution >= 4 is 0 Å². The Labute approximate surface area is 132 Å². The summed E-state index contributed by atoms with van der Waals surface area (Å²) in [7, 11) is 1.69. The molecule has 0 bridgehead atoms. The fraction of sp³-hybridized carbons (Fsp3) is 0.733. The average Bonchev–Trinajstić information content (AvgIpc) is 3.06. The number of rotatable bonds is 5. The zero-order valence-electron chi connectivity index (χ0n) is 13.0. The highest BCUT2D eigenvalue weighted by atomic mass is 19.4. The van der Waals surface area contributed by atoms with E-state index in [1.165, 1.54) is 0 Å². The first-order valence-electron chi connectivity index (χ1n) is 7.72. The Kier molecular flexibility index (Phi) is 4.46. The molecule has 5 nitrogen and oxygen atoms in total. The highest BCUT2D eigenvalue weighted by Gasteiger charge is 2.49. The molecule has 3 heterocycles.